The lowest BCUT2D eigenvalue weighted by atomic mass is 10.2. The average Bonchev–Trinajstić information content (AvgIpc) is 3.01. The van der Waals surface area contributed by atoms with E-state index in [1.807, 2.05) is 26.0 Å². The van der Waals surface area contributed by atoms with Gasteiger partial charge in [0.05, 0.1) is 4.90 Å². The van der Waals surface area contributed by atoms with Gasteiger partial charge in [-0.2, -0.15) is 4.31 Å². The Bertz CT molecular complexity index is 761. The summed E-state index contributed by atoms with van der Waals surface area (Å²) in [5.41, 5.74) is 1.01. The highest BCUT2D eigenvalue weighted by molar-refractivity contribution is 14.0. The summed E-state index contributed by atoms with van der Waals surface area (Å²) >= 11 is 0. The molecule has 0 radical (unpaired) electrons. The van der Waals surface area contributed by atoms with E-state index in [0.717, 1.165) is 31.0 Å². The number of hydrogen-bond donors (Lipinski definition) is 2. The number of likely N-dealkylation sites (tertiary alicyclic amines) is 1. The molecule has 2 rings (SSSR count). The van der Waals surface area contributed by atoms with Gasteiger partial charge in [0.1, 0.15) is 0 Å². The minimum absolute atomic E-state index is 0. The molecule has 1 aromatic rings. The smallest absolute Gasteiger partial charge is 0.243 e. The number of aliphatic imine (C=N–C) groups is 1. The van der Waals surface area contributed by atoms with E-state index in [9.17, 15) is 8.42 Å². The van der Waals surface area contributed by atoms with Crippen molar-refractivity contribution in [2.24, 2.45) is 4.99 Å². The standard InChI is InChI=1S/C22H39N5O2S.HI/c1-19(2)26(4)30(28,29)21-12-10-20(11-13-21)18-25-22(23-3)24-14-9-17-27-15-7-5-6-8-16-27;/h10-13,19H,5-9,14-18H2,1-4H3,(H2,23,24,25);1H. The number of rotatable bonds is 9. The molecule has 0 aliphatic carbocycles. The summed E-state index contributed by atoms with van der Waals surface area (Å²) in [5, 5.41) is 6.67. The van der Waals surface area contributed by atoms with Crippen LogP contribution in [0.3, 0.4) is 0 Å². The first-order valence-electron chi connectivity index (χ1n) is 11.1. The van der Waals surface area contributed by atoms with Crippen LogP contribution in [0.1, 0.15) is 51.5 Å². The average molecular weight is 566 g/mol. The van der Waals surface area contributed by atoms with Crippen molar-refractivity contribution in [2.45, 2.75) is 63.4 Å². The van der Waals surface area contributed by atoms with Crippen LogP contribution in [0.2, 0.25) is 0 Å². The van der Waals surface area contributed by atoms with Crippen molar-refractivity contribution in [3.05, 3.63) is 29.8 Å². The molecule has 1 saturated heterocycles. The fraction of sp³-hybridized carbons (Fsp3) is 0.682. The zero-order chi connectivity index (χ0) is 22.0. The Kier molecular flexibility index (Phi) is 13.0. The normalized spacial score (nSPS) is 16.1. The van der Waals surface area contributed by atoms with Gasteiger partial charge in [-0.15, -0.1) is 24.0 Å². The molecule has 9 heteroatoms. The van der Waals surface area contributed by atoms with E-state index in [0.29, 0.717) is 11.4 Å². The molecule has 0 amide bonds. The summed E-state index contributed by atoms with van der Waals surface area (Å²) < 4.78 is 26.5. The Balaban J connectivity index is 0.00000480. The van der Waals surface area contributed by atoms with Crippen LogP contribution in [0.25, 0.3) is 0 Å². The van der Waals surface area contributed by atoms with Crippen molar-refractivity contribution >= 4 is 40.0 Å². The summed E-state index contributed by atoms with van der Waals surface area (Å²) in [7, 11) is -0.0702. The molecule has 1 heterocycles. The van der Waals surface area contributed by atoms with Crippen LogP contribution in [0.5, 0.6) is 0 Å². The number of hydrogen-bond acceptors (Lipinski definition) is 4. The number of benzene rings is 1. The topological polar surface area (TPSA) is 77.0 Å². The highest BCUT2D eigenvalue weighted by atomic mass is 127. The maximum Gasteiger partial charge on any atom is 0.243 e. The Hall–Kier alpha value is -0.910. The molecule has 1 aromatic carbocycles. The number of nitrogens with one attached hydrogen (secondary N) is 2. The van der Waals surface area contributed by atoms with Crippen LogP contribution in [-0.4, -0.2) is 69.9 Å². The Morgan fingerprint density at radius 3 is 2.26 bits per heavy atom. The largest absolute Gasteiger partial charge is 0.356 e. The molecule has 0 unspecified atom stereocenters. The first-order valence-corrected chi connectivity index (χ1v) is 12.5. The minimum Gasteiger partial charge on any atom is -0.356 e. The van der Waals surface area contributed by atoms with Crippen LogP contribution in [0.15, 0.2) is 34.2 Å². The molecule has 31 heavy (non-hydrogen) atoms. The van der Waals surface area contributed by atoms with Crippen LogP contribution < -0.4 is 10.6 Å². The molecule has 0 bridgehead atoms. The molecular formula is C22H40IN5O2S. The van der Waals surface area contributed by atoms with Gasteiger partial charge < -0.3 is 15.5 Å². The Morgan fingerprint density at radius 1 is 1.10 bits per heavy atom. The monoisotopic (exact) mass is 565 g/mol. The van der Waals surface area contributed by atoms with Gasteiger partial charge >= 0.3 is 0 Å². The van der Waals surface area contributed by atoms with E-state index in [2.05, 4.69) is 20.5 Å². The zero-order valence-electron chi connectivity index (χ0n) is 19.4. The van der Waals surface area contributed by atoms with Crippen LogP contribution >= 0.6 is 24.0 Å². The Labute approximate surface area is 206 Å². The first-order chi connectivity index (χ1) is 14.3. The van der Waals surface area contributed by atoms with Gasteiger partial charge in [0, 0.05) is 33.2 Å². The van der Waals surface area contributed by atoms with Gasteiger partial charge in [-0.3, -0.25) is 4.99 Å². The quantitative estimate of drug-likeness (QED) is 0.208. The predicted octanol–water partition coefficient (Wildman–Crippen LogP) is 3.26. The molecule has 0 spiro atoms. The molecule has 0 saturated carbocycles. The number of halogens is 1. The van der Waals surface area contributed by atoms with Gasteiger partial charge in [0.2, 0.25) is 10.0 Å². The zero-order valence-corrected chi connectivity index (χ0v) is 22.6. The molecule has 7 nitrogen and oxygen atoms in total. The second-order valence-corrected chi connectivity index (χ2v) is 10.2. The van der Waals surface area contributed by atoms with Crippen molar-refractivity contribution in [1.82, 2.24) is 19.8 Å². The third-order valence-corrected chi connectivity index (χ3v) is 7.70. The summed E-state index contributed by atoms with van der Waals surface area (Å²) in [6, 6.07) is 6.96. The maximum atomic E-state index is 12.6. The molecule has 178 valence electrons. The fourth-order valence-electron chi connectivity index (χ4n) is 3.50. The third kappa shape index (κ3) is 9.23. The summed E-state index contributed by atoms with van der Waals surface area (Å²) in [4.78, 5) is 7.16. The Morgan fingerprint density at radius 2 is 1.71 bits per heavy atom. The summed E-state index contributed by atoms with van der Waals surface area (Å²) in [5.74, 6) is 0.766. The molecular weight excluding hydrogens is 525 g/mol. The van der Waals surface area contributed by atoms with Gasteiger partial charge in [0.25, 0.3) is 0 Å². The van der Waals surface area contributed by atoms with Gasteiger partial charge in [-0.1, -0.05) is 25.0 Å². The second-order valence-electron chi connectivity index (χ2n) is 8.22. The minimum atomic E-state index is -3.44. The first kappa shape index (κ1) is 28.1. The molecule has 1 aliphatic rings. The maximum absolute atomic E-state index is 12.6. The highest BCUT2D eigenvalue weighted by Crippen LogP contribution is 2.17. The van der Waals surface area contributed by atoms with Crippen molar-refractivity contribution in [2.75, 3.05) is 40.3 Å². The lowest BCUT2D eigenvalue weighted by Crippen LogP contribution is -2.38. The molecule has 0 atom stereocenters. The SMILES string of the molecule is CN=C(NCCCN1CCCCCC1)NCc1ccc(S(=O)(=O)N(C)C(C)C)cc1.I. The fourth-order valence-corrected chi connectivity index (χ4v) is 4.87. The van der Waals surface area contributed by atoms with Gasteiger partial charge in [0.15, 0.2) is 5.96 Å². The van der Waals surface area contributed by atoms with Gasteiger partial charge in [-0.05, 0) is 70.4 Å². The molecule has 1 fully saturated rings. The summed E-state index contributed by atoms with van der Waals surface area (Å²) in [6.07, 6.45) is 6.48. The van der Waals surface area contributed by atoms with E-state index >= 15 is 0 Å². The second kappa shape index (κ2) is 14.3. The van der Waals surface area contributed by atoms with Crippen molar-refractivity contribution in [3.8, 4) is 0 Å². The highest BCUT2D eigenvalue weighted by Gasteiger charge is 2.22. The lowest BCUT2D eigenvalue weighted by Gasteiger charge is -2.21. The van der Waals surface area contributed by atoms with Crippen LogP contribution in [0, 0.1) is 0 Å². The van der Waals surface area contributed by atoms with Crippen molar-refractivity contribution in [1.29, 1.82) is 0 Å². The molecule has 2 N–H and O–H groups in total. The van der Waals surface area contributed by atoms with E-state index < -0.39 is 10.0 Å². The van der Waals surface area contributed by atoms with E-state index in [4.69, 9.17) is 0 Å². The third-order valence-electron chi connectivity index (χ3n) is 5.65. The van der Waals surface area contributed by atoms with Gasteiger partial charge in [-0.25, -0.2) is 8.42 Å². The van der Waals surface area contributed by atoms with Crippen LogP contribution in [-0.2, 0) is 16.6 Å². The van der Waals surface area contributed by atoms with Crippen LogP contribution in [0.4, 0.5) is 0 Å². The van der Waals surface area contributed by atoms with E-state index in [1.165, 1.54) is 43.1 Å². The molecule has 1 aliphatic heterocycles. The van der Waals surface area contributed by atoms with E-state index in [-0.39, 0.29) is 30.0 Å². The predicted molar refractivity (Wildman–Crippen MR) is 140 cm³/mol. The van der Waals surface area contributed by atoms with Crippen molar-refractivity contribution in [3.63, 3.8) is 0 Å². The number of guanidine groups is 1. The molecule has 0 aromatic heterocycles. The van der Waals surface area contributed by atoms with Crippen molar-refractivity contribution < 1.29 is 8.42 Å². The lowest BCUT2D eigenvalue weighted by molar-refractivity contribution is 0.282. The van der Waals surface area contributed by atoms with E-state index in [1.54, 1.807) is 26.2 Å². The number of nitrogens with zero attached hydrogens (tertiary/aromatic N) is 3. The number of sulfonamides is 1. The summed E-state index contributed by atoms with van der Waals surface area (Å²) in [6.45, 7) is 8.79.